The number of carboxylic acids is 1. The number of carbonyl (C=O) groups is 1. The molecule has 0 aromatic rings. The lowest BCUT2D eigenvalue weighted by Gasteiger charge is -2.43. The van der Waals surface area contributed by atoms with Gasteiger partial charge in [0, 0.05) is 6.42 Å². The highest BCUT2D eigenvalue weighted by atomic mass is 16.4. The lowest BCUT2D eigenvalue weighted by molar-refractivity contribution is -0.913. The molecule has 0 saturated heterocycles. The van der Waals surface area contributed by atoms with Crippen LogP contribution in [-0.2, 0) is 4.79 Å². The first-order valence-electron chi connectivity index (χ1n) is 3.89. The topological polar surface area (TPSA) is 40.1 Å². The van der Waals surface area contributed by atoms with Crippen molar-refractivity contribution >= 4 is 5.97 Å². The van der Waals surface area contributed by atoms with Crippen LogP contribution in [0.3, 0.4) is 0 Å². The Morgan fingerprint density at radius 2 is 2.00 bits per heavy atom. The Hall–Kier alpha value is -0.830. The van der Waals surface area contributed by atoms with Gasteiger partial charge in [0.25, 0.3) is 0 Å². The van der Waals surface area contributed by atoms with Crippen molar-refractivity contribution < 1.29 is 14.4 Å². The molecule has 0 saturated carbocycles. The summed E-state index contributed by atoms with van der Waals surface area (Å²) in [6.07, 6.45) is 2.03. The van der Waals surface area contributed by atoms with Crippen molar-refractivity contribution in [1.82, 2.24) is 0 Å². The van der Waals surface area contributed by atoms with Crippen LogP contribution in [-0.4, -0.2) is 37.1 Å². The SMILES string of the molecule is C=CCC(C)(C(=O)[O-])[N+](C)(C)C. The first-order valence-corrected chi connectivity index (χ1v) is 3.89. The van der Waals surface area contributed by atoms with Crippen LogP contribution in [0, 0.1) is 0 Å². The Morgan fingerprint density at radius 1 is 1.58 bits per heavy atom. The lowest BCUT2D eigenvalue weighted by Crippen LogP contribution is -2.64. The molecule has 12 heavy (non-hydrogen) atoms. The van der Waals surface area contributed by atoms with Crippen molar-refractivity contribution in [3.63, 3.8) is 0 Å². The average Bonchev–Trinajstić information content (AvgIpc) is 1.85. The normalized spacial score (nSPS) is 16.7. The van der Waals surface area contributed by atoms with E-state index in [0.717, 1.165) is 0 Å². The van der Waals surface area contributed by atoms with Gasteiger partial charge < -0.3 is 14.4 Å². The van der Waals surface area contributed by atoms with Crippen LogP contribution in [0.4, 0.5) is 0 Å². The molecule has 0 amide bonds. The van der Waals surface area contributed by atoms with Crippen LogP contribution in [0.15, 0.2) is 12.7 Å². The average molecular weight is 171 g/mol. The molecule has 3 heteroatoms. The van der Waals surface area contributed by atoms with Crippen LogP contribution >= 0.6 is 0 Å². The van der Waals surface area contributed by atoms with E-state index in [-0.39, 0.29) is 0 Å². The minimum atomic E-state index is -1.03. The Morgan fingerprint density at radius 3 is 2.08 bits per heavy atom. The second kappa shape index (κ2) is 3.27. The highest BCUT2D eigenvalue weighted by Gasteiger charge is 2.38. The molecule has 0 aromatic heterocycles. The monoisotopic (exact) mass is 171 g/mol. The third-order valence-electron chi connectivity index (χ3n) is 2.46. The molecule has 0 aliphatic carbocycles. The molecule has 0 N–H and O–H groups in total. The maximum Gasteiger partial charge on any atom is 0.139 e. The number of aliphatic carboxylic acids is 1. The van der Waals surface area contributed by atoms with Gasteiger partial charge >= 0.3 is 0 Å². The molecule has 0 bridgehead atoms. The summed E-state index contributed by atoms with van der Waals surface area (Å²) < 4.78 is 0.335. The minimum Gasteiger partial charge on any atom is -0.544 e. The lowest BCUT2D eigenvalue weighted by atomic mass is 9.94. The highest BCUT2D eigenvalue weighted by Crippen LogP contribution is 2.21. The number of likely N-dealkylation sites (N-methyl/N-ethyl adjacent to an activating group) is 1. The van der Waals surface area contributed by atoms with Crippen LogP contribution in [0.1, 0.15) is 13.3 Å². The van der Waals surface area contributed by atoms with E-state index in [1.165, 1.54) is 0 Å². The van der Waals surface area contributed by atoms with Gasteiger partial charge in [0.1, 0.15) is 11.5 Å². The maximum absolute atomic E-state index is 10.9. The van der Waals surface area contributed by atoms with E-state index >= 15 is 0 Å². The van der Waals surface area contributed by atoms with Crippen molar-refractivity contribution in [2.24, 2.45) is 0 Å². The maximum atomic E-state index is 10.9. The molecule has 0 heterocycles. The molecule has 0 aliphatic rings. The number of quaternary nitrogens is 1. The van der Waals surface area contributed by atoms with Crippen molar-refractivity contribution in [2.45, 2.75) is 18.9 Å². The molecule has 0 spiro atoms. The zero-order chi connectivity index (χ0) is 9.99. The smallest absolute Gasteiger partial charge is 0.139 e. The number of nitrogens with zero attached hydrogens (tertiary/aromatic N) is 1. The molecule has 1 unspecified atom stereocenters. The predicted molar refractivity (Wildman–Crippen MR) is 46.3 cm³/mol. The highest BCUT2D eigenvalue weighted by molar-refractivity contribution is 5.74. The van der Waals surface area contributed by atoms with Gasteiger partial charge in [-0.3, -0.25) is 0 Å². The van der Waals surface area contributed by atoms with Gasteiger partial charge in [-0.15, -0.1) is 6.58 Å². The fourth-order valence-electron chi connectivity index (χ4n) is 0.912. The van der Waals surface area contributed by atoms with Crippen molar-refractivity contribution in [3.05, 3.63) is 12.7 Å². The number of carboxylic acid groups (broad SMARTS) is 1. The van der Waals surface area contributed by atoms with E-state index in [2.05, 4.69) is 6.58 Å². The van der Waals surface area contributed by atoms with E-state index in [9.17, 15) is 9.90 Å². The molecule has 0 rings (SSSR count). The quantitative estimate of drug-likeness (QED) is 0.433. The molecule has 0 fully saturated rings. The fourth-order valence-corrected chi connectivity index (χ4v) is 0.912. The second-order valence-electron chi connectivity index (χ2n) is 4.07. The van der Waals surface area contributed by atoms with Gasteiger partial charge in [0.05, 0.1) is 21.1 Å². The van der Waals surface area contributed by atoms with Gasteiger partial charge in [-0.05, 0) is 6.92 Å². The van der Waals surface area contributed by atoms with Crippen LogP contribution in [0.2, 0.25) is 0 Å². The predicted octanol–water partition coefficient (Wildman–Crippen LogP) is -0.223. The van der Waals surface area contributed by atoms with E-state index in [0.29, 0.717) is 10.9 Å². The van der Waals surface area contributed by atoms with Crippen LogP contribution in [0.5, 0.6) is 0 Å². The fraction of sp³-hybridized carbons (Fsp3) is 0.667. The Kier molecular flexibility index (Phi) is 3.04. The number of rotatable bonds is 4. The van der Waals surface area contributed by atoms with Gasteiger partial charge in [-0.1, -0.05) is 6.08 Å². The summed E-state index contributed by atoms with van der Waals surface area (Å²) in [6, 6.07) is 0. The third kappa shape index (κ3) is 1.85. The van der Waals surface area contributed by atoms with Gasteiger partial charge in [-0.2, -0.15) is 0 Å². The zero-order valence-corrected chi connectivity index (χ0v) is 8.26. The molecule has 0 aromatic carbocycles. The molecule has 0 radical (unpaired) electrons. The standard InChI is InChI=1S/C9H17NO2/c1-6-7-9(2,8(11)12)10(3,4)5/h6H,1,7H2,2-5H3. The van der Waals surface area contributed by atoms with Crippen LogP contribution < -0.4 is 5.11 Å². The number of hydrogen-bond donors (Lipinski definition) is 0. The summed E-state index contributed by atoms with van der Waals surface area (Å²) in [5.74, 6) is -1.03. The zero-order valence-electron chi connectivity index (χ0n) is 8.26. The summed E-state index contributed by atoms with van der Waals surface area (Å²) in [7, 11) is 5.50. The summed E-state index contributed by atoms with van der Waals surface area (Å²) in [5, 5.41) is 10.9. The third-order valence-corrected chi connectivity index (χ3v) is 2.46. The van der Waals surface area contributed by atoms with Crippen molar-refractivity contribution in [3.8, 4) is 0 Å². The van der Waals surface area contributed by atoms with Crippen molar-refractivity contribution in [1.29, 1.82) is 0 Å². The van der Waals surface area contributed by atoms with E-state index < -0.39 is 11.5 Å². The minimum absolute atomic E-state index is 0.335. The molecule has 70 valence electrons. The summed E-state index contributed by atoms with van der Waals surface area (Å²) in [5.41, 5.74) is -0.887. The molecular weight excluding hydrogens is 154 g/mol. The Balaban J connectivity index is 4.86. The summed E-state index contributed by atoms with van der Waals surface area (Å²) >= 11 is 0. The summed E-state index contributed by atoms with van der Waals surface area (Å²) in [4.78, 5) is 10.9. The molecule has 3 nitrogen and oxygen atoms in total. The molecular formula is C9H17NO2. The summed E-state index contributed by atoms with van der Waals surface area (Å²) in [6.45, 7) is 5.21. The second-order valence-corrected chi connectivity index (χ2v) is 4.07. The largest absolute Gasteiger partial charge is 0.544 e. The number of carbonyl (C=O) groups excluding carboxylic acids is 1. The van der Waals surface area contributed by atoms with Gasteiger partial charge in [0.2, 0.25) is 0 Å². The van der Waals surface area contributed by atoms with Gasteiger partial charge in [-0.25, -0.2) is 0 Å². The first-order chi connectivity index (χ1) is 5.25. The van der Waals surface area contributed by atoms with E-state index in [1.807, 2.05) is 21.1 Å². The van der Waals surface area contributed by atoms with E-state index in [4.69, 9.17) is 0 Å². The Labute approximate surface area is 73.9 Å². The number of hydrogen-bond acceptors (Lipinski definition) is 2. The van der Waals surface area contributed by atoms with Crippen LogP contribution in [0.25, 0.3) is 0 Å². The first kappa shape index (κ1) is 11.2. The molecule has 1 atom stereocenters. The van der Waals surface area contributed by atoms with Crippen molar-refractivity contribution in [2.75, 3.05) is 21.1 Å². The Bertz CT molecular complexity index is 193. The molecule has 0 aliphatic heterocycles. The van der Waals surface area contributed by atoms with Gasteiger partial charge in [0.15, 0.2) is 0 Å². The van der Waals surface area contributed by atoms with E-state index in [1.54, 1.807) is 13.0 Å².